The fraction of sp³-hybridized carbons (Fsp3) is 0.184. The summed E-state index contributed by atoms with van der Waals surface area (Å²) in [6, 6.07) is 25.0. The standard InChI is InChI=1S/C35H27N3O4S.C3H7NO/c1-21-11-16-29-30(18-21)43-34(38-29)22-12-14-24(15-13-22)36-31(39)20-42-35(40)32-26-8-2-3-10-28(26)37-33-23(6-4-9-27(32)33)19-25-7-5-17-41-25;1-4(2)3-5/h2-3,5,7-8,10-19H,4,6,9,20H2,1H3,(H,36,39);3H,1-2H3/b23-19-;. The molecular formula is C38H34N4O5S. The number of anilines is 1. The zero-order chi connectivity index (χ0) is 33.6. The zero-order valence-electron chi connectivity index (χ0n) is 26.9. The van der Waals surface area contributed by atoms with Crippen LogP contribution in [-0.4, -0.2) is 53.9 Å². The Morgan fingerprint density at radius 1 is 0.979 bits per heavy atom. The molecule has 9 nitrogen and oxygen atoms in total. The van der Waals surface area contributed by atoms with Gasteiger partial charge in [-0.05, 0) is 104 Å². The number of para-hydroxylation sites is 1. The Kier molecular flexibility index (Phi) is 9.73. The van der Waals surface area contributed by atoms with Crippen molar-refractivity contribution in [1.82, 2.24) is 14.9 Å². The van der Waals surface area contributed by atoms with Crippen molar-refractivity contribution in [3.05, 3.63) is 113 Å². The summed E-state index contributed by atoms with van der Waals surface area (Å²) in [7, 11) is 3.38. The Morgan fingerprint density at radius 3 is 2.52 bits per heavy atom. The lowest BCUT2D eigenvalue weighted by atomic mass is 9.86. The van der Waals surface area contributed by atoms with Crippen LogP contribution < -0.4 is 5.32 Å². The molecule has 0 aliphatic heterocycles. The summed E-state index contributed by atoms with van der Waals surface area (Å²) in [6.45, 7) is 1.66. The molecule has 10 heteroatoms. The van der Waals surface area contributed by atoms with Gasteiger partial charge in [-0.3, -0.25) is 9.59 Å². The number of aryl methyl sites for hydroxylation is 1. The summed E-state index contributed by atoms with van der Waals surface area (Å²) in [6.07, 6.45) is 6.75. The SMILES string of the molecule is CN(C)C=O.Cc1ccc2nc(-c3ccc(NC(=O)COC(=O)c4c5c(nc6ccccc46)/C(=C\c4ccco4)CCC5)cc3)sc2c1. The van der Waals surface area contributed by atoms with E-state index in [1.807, 2.05) is 72.8 Å². The molecule has 0 saturated heterocycles. The molecule has 2 amide bonds. The lowest BCUT2D eigenvalue weighted by molar-refractivity contribution is -0.119. The van der Waals surface area contributed by atoms with Crippen molar-refractivity contribution >= 4 is 68.1 Å². The van der Waals surface area contributed by atoms with Gasteiger partial charge in [0.2, 0.25) is 6.41 Å². The lowest BCUT2D eigenvalue weighted by Gasteiger charge is -2.22. The summed E-state index contributed by atoms with van der Waals surface area (Å²) >= 11 is 1.64. The van der Waals surface area contributed by atoms with E-state index in [1.54, 1.807) is 31.7 Å². The summed E-state index contributed by atoms with van der Waals surface area (Å²) in [4.78, 5) is 46.9. The topological polar surface area (TPSA) is 115 Å². The highest BCUT2D eigenvalue weighted by molar-refractivity contribution is 7.21. The van der Waals surface area contributed by atoms with Gasteiger partial charge in [0.05, 0.1) is 33.3 Å². The highest BCUT2D eigenvalue weighted by Gasteiger charge is 2.26. The van der Waals surface area contributed by atoms with E-state index in [2.05, 4.69) is 24.4 Å². The molecule has 3 heterocycles. The molecule has 3 aromatic heterocycles. The minimum atomic E-state index is -0.536. The monoisotopic (exact) mass is 658 g/mol. The van der Waals surface area contributed by atoms with E-state index in [-0.39, 0.29) is 0 Å². The van der Waals surface area contributed by atoms with E-state index in [9.17, 15) is 14.4 Å². The van der Waals surface area contributed by atoms with Crippen molar-refractivity contribution in [3.63, 3.8) is 0 Å². The van der Waals surface area contributed by atoms with Gasteiger partial charge in [0.1, 0.15) is 10.8 Å². The third-order valence-electron chi connectivity index (χ3n) is 7.74. The highest BCUT2D eigenvalue weighted by Crippen LogP contribution is 2.36. The van der Waals surface area contributed by atoms with E-state index >= 15 is 0 Å². The first kappa shape index (κ1) is 32.3. The number of nitrogens with one attached hydrogen (secondary N) is 1. The molecule has 6 aromatic rings. The Balaban J connectivity index is 0.000000749. The highest BCUT2D eigenvalue weighted by atomic mass is 32.1. The largest absolute Gasteiger partial charge is 0.465 e. The molecule has 0 fully saturated rings. The van der Waals surface area contributed by atoms with Gasteiger partial charge in [-0.25, -0.2) is 14.8 Å². The number of furan rings is 1. The van der Waals surface area contributed by atoms with Gasteiger partial charge in [0.25, 0.3) is 5.91 Å². The molecule has 7 rings (SSSR count). The Morgan fingerprint density at radius 2 is 1.77 bits per heavy atom. The van der Waals surface area contributed by atoms with Gasteiger partial charge in [-0.1, -0.05) is 24.3 Å². The van der Waals surface area contributed by atoms with Crippen LogP contribution in [0.25, 0.3) is 43.3 Å². The van der Waals surface area contributed by atoms with E-state index in [0.29, 0.717) is 28.6 Å². The minimum absolute atomic E-state index is 0.404. The molecule has 0 radical (unpaired) electrons. The fourth-order valence-electron chi connectivity index (χ4n) is 5.51. The number of hydrogen-bond acceptors (Lipinski definition) is 8. The zero-order valence-corrected chi connectivity index (χ0v) is 27.7. The molecule has 3 aromatic carbocycles. The molecule has 0 bridgehead atoms. The molecule has 0 atom stereocenters. The molecule has 1 aliphatic rings. The van der Waals surface area contributed by atoms with Gasteiger partial charge in [-0.2, -0.15) is 0 Å². The molecular weight excluding hydrogens is 625 g/mol. The number of aromatic nitrogens is 2. The molecule has 0 unspecified atom stereocenters. The maximum atomic E-state index is 13.5. The number of pyridine rings is 1. The van der Waals surface area contributed by atoms with Gasteiger partial charge in [0, 0.05) is 30.7 Å². The van der Waals surface area contributed by atoms with Crippen LogP contribution in [0.4, 0.5) is 5.69 Å². The van der Waals surface area contributed by atoms with E-state index < -0.39 is 18.5 Å². The first-order chi connectivity index (χ1) is 23.3. The number of amides is 2. The number of fused-ring (bicyclic) bond motifs is 3. The number of thiazole rings is 1. The average Bonchev–Trinajstić information content (AvgIpc) is 3.77. The van der Waals surface area contributed by atoms with Crippen molar-refractivity contribution in [1.29, 1.82) is 0 Å². The van der Waals surface area contributed by atoms with Crippen molar-refractivity contribution in [2.24, 2.45) is 0 Å². The van der Waals surface area contributed by atoms with Crippen LogP contribution in [0.5, 0.6) is 0 Å². The quantitative estimate of drug-likeness (QED) is 0.138. The number of allylic oxidation sites excluding steroid dienone is 1. The maximum Gasteiger partial charge on any atom is 0.339 e. The fourth-order valence-corrected chi connectivity index (χ4v) is 6.57. The molecule has 0 spiro atoms. The predicted octanol–water partition coefficient (Wildman–Crippen LogP) is 7.79. The maximum absolute atomic E-state index is 13.5. The predicted molar refractivity (Wildman–Crippen MR) is 190 cm³/mol. The first-order valence-corrected chi connectivity index (χ1v) is 16.3. The molecule has 1 N–H and O–H groups in total. The Bertz CT molecular complexity index is 2130. The number of ether oxygens (including phenoxy) is 1. The first-order valence-electron chi connectivity index (χ1n) is 15.5. The van der Waals surface area contributed by atoms with Crippen LogP contribution in [-0.2, 0) is 20.7 Å². The number of nitrogens with zero attached hydrogens (tertiary/aromatic N) is 3. The summed E-state index contributed by atoms with van der Waals surface area (Å²) in [5, 5.41) is 4.46. The Labute approximate surface area is 281 Å². The summed E-state index contributed by atoms with van der Waals surface area (Å²) in [5.41, 5.74) is 7.55. The number of hydrogen-bond donors (Lipinski definition) is 1. The van der Waals surface area contributed by atoms with Crippen molar-refractivity contribution in [3.8, 4) is 10.6 Å². The number of carbonyl (C=O) groups excluding carboxylic acids is 3. The van der Waals surface area contributed by atoms with Gasteiger partial charge in [0.15, 0.2) is 6.61 Å². The van der Waals surface area contributed by atoms with Crippen molar-refractivity contribution < 1.29 is 23.5 Å². The van der Waals surface area contributed by atoms with Crippen LogP contribution in [0.3, 0.4) is 0 Å². The van der Waals surface area contributed by atoms with Crippen LogP contribution in [0.1, 0.15) is 45.8 Å². The molecule has 0 saturated carbocycles. The van der Waals surface area contributed by atoms with Crippen molar-refractivity contribution in [2.45, 2.75) is 26.2 Å². The number of esters is 1. The molecule has 48 heavy (non-hydrogen) atoms. The van der Waals surface area contributed by atoms with Gasteiger partial charge >= 0.3 is 5.97 Å². The minimum Gasteiger partial charge on any atom is -0.465 e. The lowest BCUT2D eigenvalue weighted by Crippen LogP contribution is -2.22. The van der Waals surface area contributed by atoms with Gasteiger partial charge in [-0.15, -0.1) is 11.3 Å². The molecule has 242 valence electrons. The Hall–Kier alpha value is -5.61. The summed E-state index contributed by atoms with van der Waals surface area (Å²) < 4.78 is 12.3. The molecule has 1 aliphatic carbocycles. The number of carbonyl (C=O) groups is 3. The van der Waals surface area contributed by atoms with Crippen LogP contribution in [0.15, 0.2) is 89.5 Å². The second-order valence-corrected chi connectivity index (χ2v) is 12.7. The summed E-state index contributed by atoms with van der Waals surface area (Å²) in [5.74, 6) is -0.213. The van der Waals surface area contributed by atoms with Crippen molar-refractivity contribution in [2.75, 3.05) is 26.0 Å². The van der Waals surface area contributed by atoms with E-state index in [4.69, 9.17) is 19.1 Å². The normalized spacial score (nSPS) is 13.0. The van der Waals surface area contributed by atoms with Gasteiger partial charge < -0.3 is 19.4 Å². The van der Waals surface area contributed by atoms with Crippen LogP contribution in [0, 0.1) is 6.92 Å². The smallest absolute Gasteiger partial charge is 0.339 e. The number of benzene rings is 3. The second-order valence-electron chi connectivity index (χ2n) is 11.6. The third kappa shape index (κ3) is 7.34. The third-order valence-corrected chi connectivity index (χ3v) is 8.81. The second kappa shape index (κ2) is 14.4. The van der Waals surface area contributed by atoms with Crippen LogP contribution in [0.2, 0.25) is 0 Å². The van der Waals surface area contributed by atoms with E-state index in [1.165, 1.54) is 10.5 Å². The number of rotatable bonds is 7. The van der Waals surface area contributed by atoms with E-state index in [0.717, 1.165) is 62.6 Å². The average molecular weight is 659 g/mol. The van der Waals surface area contributed by atoms with Crippen LogP contribution >= 0.6 is 11.3 Å².